The van der Waals surface area contributed by atoms with Crippen LogP contribution in [0.4, 0.5) is 19.7 Å². The summed E-state index contributed by atoms with van der Waals surface area (Å²) in [5.41, 5.74) is 5.90. The topological polar surface area (TPSA) is 127 Å². The van der Waals surface area contributed by atoms with Gasteiger partial charge in [0, 0.05) is 61.0 Å². The largest absolute Gasteiger partial charge is 0.444 e. The fourth-order valence-electron chi connectivity index (χ4n) is 8.80. The zero-order valence-corrected chi connectivity index (χ0v) is 33.8. The number of amides is 3. The Labute approximate surface area is 330 Å². The van der Waals surface area contributed by atoms with Gasteiger partial charge in [0.1, 0.15) is 23.4 Å². The Morgan fingerprint density at radius 2 is 1.70 bits per heavy atom. The molecule has 3 amide bonds. The molecule has 0 aliphatic carbocycles. The maximum Gasteiger partial charge on any atom is 0.410 e. The predicted octanol–water partition coefficient (Wildman–Crippen LogP) is 8.27. The van der Waals surface area contributed by atoms with Crippen molar-refractivity contribution in [3.8, 4) is 22.5 Å². The van der Waals surface area contributed by atoms with Crippen molar-refractivity contribution in [1.82, 2.24) is 29.7 Å². The number of rotatable bonds is 8. The van der Waals surface area contributed by atoms with E-state index >= 15 is 4.39 Å². The van der Waals surface area contributed by atoms with Crippen LogP contribution in [0.2, 0.25) is 0 Å². The van der Waals surface area contributed by atoms with Crippen LogP contribution in [0.5, 0.6) is 0 Å². The monoisotopic (exact) mass is 767 g/mol. The maximum atomic E-state index is 15.2. The number of ether oxygens (including phenoxy) is 1. The number of aliphatic hydroxyl groups is 1. The van der Waals surface area contributed by atoms with Crippen LogP contribution < -0.4 is 5.32 Å². The van der Waals surface area contributed by atoms with Crippen LogP contribution in [0.1, 0.15) is 77.8 Å². The third kappa shape index (κ3) is 9.02. The van der Waals surface area contributed by atoms with Crippen molar-refractivity contribution in [2.45, 2.75) is 91.8 Å². The number of carbonyl (C=O) groups excluding carboxylic acids is 2. The van der Waals surface area contributed by atoms with E-state index in [2.05, 4.69) is 63.3 Å². The van der Waals surface area contributed by atoms with Crippen LogP contribution in [0, 0.1) is 30.0 Å². The molecule has 0 unspecified atom stereocenters. The van der Waals surface area contributed by atoms with Gasteiger partial charge in [-0.3, -0.25) is 0 Å². The molecule has 300 valence electrons. The van der Waals surface area contributed by atoms with Crippen LogP contribution in [0.15, 0.2) is 48.8 Å². The van der Waals surface area contributed by atoms with E-state index in [4.69, 9.17) is 4.74 Å². The standard InChI is InChI=1S/C44H58FN7O4/c1-28(2)21-32-25-52(26-38(32)53)41(54)49-36-23-33(45)22-34(29(36)3)39-35-24-37(48-40(35)47-27-46-39)31-9-7-30(8-10-31)11-16-50-17-12-44(13-18-50)14-19-51(20-15-44)42(55)56-43(4,5)6/h7-10,22-24,27-28,32,38,53H,11-21,25-26H2,1-6H3,(H,49,54)(H,46,47,48)/t32-,38-/m0/s1. The fraction of sp³-hybridized carbons (Fsp3) is 0.545. The normalized spacial score (nSPS) is 20.3. The number of β-amino-alcohol motifs (C(OH)–C–C–N with tert-alkyl or cyclic N) is 1. The van der Waals surface area contributed by atoms with Crippen molar-refractivity contribution in [3.05, 3.63) is 65.7 Å². The molecule has 0 saturated carbocycles. The lowest BCUT2D eigenvalue weighted by atomic mass is 9.71. The highest BCUT2D eigenvalue weighted by atomic mass is 19.1. The van der Waals surface area contributed by atoms with Gasteiger partial charge >= 0.3 is 12.1 Å². The van der Waals surface area contributed by atoms with Crippen LogP contribution >= 0.6 is 0 Å². The van der Waals surface area contributed by atoms with Crippen molar-refractivity contribution in [2.24, 2.45) is 17.3 Å². The summed E-state index contributed by atoms with van der Waals surface area (Å²) in [6, 6.07) is 13.0. The van der Waals surface area contributed by atoms with Gasteiger partial charge in [-0.25, -0.2) is 23.9 Å². The Balaban J connectivity index is 0.963. The van der Waals surface area contributed by atoms with E-state index in [0.29, 0.717) is 46.0 Å². The number of hydrogen-bond donors (Lipinski definition) is 3. The van der Waals surface area contributed by atoms with Gasteiger partial charge < -0.3 is 34.8 Å². The van der Waals surface area contributed by atoms with E-state index in [-0.39, 0.29) is 24.6 Å². The molecule has 12 heteroatoms. The number of nitrogens with one attached hydrogen (secondary N) is 2. The lowest BCUT2D eigenvalue weighted by Crippen LogP contribution is -2.49. The Kier molecular flexibility index (Phi) is 11.4. The minimum Gasteiger partial charge on any atom is -0.444 e. The molecule has 4 aromatic rings. The van der Waals surface area contributed by atoms with Crippen molar-refractivity contribution in [2.75, 3.05) is 51.1 Å². The van der Waals surface area contributed by atoms with Crippen molar-refractivity contribution >= 4 is 28.8 Å². The number of aliphatic hydroxyl groups excluding tert-OH is 1. The molecular formula is C44H58FN7O4. The number of anilines is 1. The molecule has 2 atom stereocenters. The number of halogens is 1. The van der Waals surface area contributed by atoms with Gasteiger partial charge in [0.05, 0.1) is 11.8 Å². The van der Waals surface area contributed by atoms with Gasteiger partial charge in [-0.1, -0.05) is 38.1 Å². The second-order valence-electron chi connectivity index (χ2n) is 17.8. The number of aromatic nitrogens is 3. The minimum atomic E-state index is -0.571. The lowest BCUT2D eigenvalue weighted by molar-refractivity contribution is -0.00227. The Morgan fingerprint density at radius 1 is 1.00 bits per heavy atom. The predicted molar refractivity (Wildman–Crippen MR) is 218 cm³/mol. The minimum absolute atomic E-state index is 0.0243. The number of nitrogens with zero attached hydrogens (tertiary/aromatic N) is 5. The summed E-state index contributed by atoms with van der Waals surface area (Å²) >= 11 is 0. The van der Waals surface area contributed by atoms with E-state index in [1.807, 2.05) is 38.7 Å². The number of fused-ring (bicyclic) bond motifs is 1. The Morgan fingerprint density at radius 3 is 2.38 bits per heavy atom. The average molecular weight is 768 g/mol. The van der Waals surface area contributed by atoms with E-state index in [1.165, 1.54) is 36.9 Å². The quantitative estimate of drug-likeness (QED) is 0.165. The number of urea groups is 1. The lowest BCUT2D eigenvalue weighted by Gasteiger charge is -2.46. The second-order valence-corrected chi connectivity index (χ2v) is 17.8. The first-order valence-corrected chi connectivity index (χ1v) is 20.3. The third-order valence-electron chi connectivity index (χ3n) is 12.1. The van der Waals surface area contributed by atoms with Crippen LogP contribution in [-0.2, 0) is 11.2 Å². The van der Waals surface area contributed by atoms with E-state index in [1.54, 1.807) is 4.90 Å². The van der Waals surface area contributed by atoms with E-state index < -0.39 is 17.5 Å². The van der Waals surface area contributed by atoms with Gasteiger partial charge in [-0.05, 0) is 126 Å². The summed E-state index contributed by atoms with van der Waals surface area (Å²) in [4.78, 5) is 44.4. The highest BCUT2D eigenvalue weighted by Gasteiger charge is 2.39. The summed E-state index contributed by atoms with van der Waals surface area (Å²) in [5, 5.41) is 14.2. The zero-order valence-electron chi connectivity index (χ0n) is 33.8. The number of aromatic amines is 1. The molecule has 0 bridgehead atoms. The summed E-state index contributed by atoms with van der Waals surface area (Å²) in [7, 11) is 0. The summed E-state index contributed by atoms with van der Waals surface area (Å²) in [6.45, 7) is 17.3. The number of piperidine rings is 2. The van der Waals surface area contributed by atoms with Gasteiger partial charge in [0.25, 0.3) is 0 Å². The second kappa shape index (κ2) is 16.1. The van der Waals surface area contributed by atoms with E-state index in [9.17, 15) is 14.7 Å². The molecule has 5 heterocycles. The molecular weight excluding hydrogens is 710 g/mol. The number of carbonyl (C=O) groups is 2. The van der Waals surface area contributed by atoms with Crippen molar-refractivity contribution in [3.63, 3.8) is 0 Å². The maximum absolute atomic E-state index is 15.2. The molecule has 11 nitrogen and oxygen atoms in total. The summed E-state index contributed by atoms with van der Waals surface area (Å²) < 4.78 is 20.8. The zero-order chi connectivity index (χ0) is 39.8. The number of benzene rings is 2. The van der Waals surface area contributed by atoms with E-state index in [0.717, 1.165) is 75.1 Å². The molecule has 2 aromatic heterocycles. The van der Waals surface area contributed by atoms with Gasteiger partial charge in [-0.2, -0.15) is 0 Å². The molecule has 3 N–H and O–H groups in total. The number of likely N-dealkylation sites (tertiary alicyclic amines) is 3. The summed E-state index contributed by atoms with van der Waals surface area (Å²) in [6.07, 6.45) is 6.96. The smallest absolute Gasteiger partial charge is 0.410 e. The third-order valence-corrected chi connectivity index (χ3v) is 12.1. The highest BCUT2D eigenvalue weighted by molar-refractivity contribution is 5.97. The number of hydrogen-bond acceptors (Lipinski definition) is 7. The first-order valence-electron chi connectivity index (χ1n) is 20.3. The van der Waals surface area contributed by atoms with Gasteiger partial charge in [0.2, 0.25) is 0 Å². The molecule has 3 fully saturated rings. The number of H-pyrrole nitrogens is 1. The van der Waals surface area contributed by atoms with Gasteiger partial charge in [-0.15, -0.1) is 0 Å². The van der Waals surface area contributed by atoms with Crippen LogP contribution in [0.25, 0.3) is 33.5 Å². The molecule has 56 heavy (non-hydrogen) atoms. The summed E-state index contributed by atoms with van der Waals surface area (Å²) in [5.74, 6) is -0.0437. The molecule has 3 aliphatic heterocycles. The SMILES string of the molecule is Cc1c(NC(=O)N2C[C@H](CC(C)C)[C@@H](O)C2)cc(F)cc1-c1ncnc2[nH]c(-c3ccc(CCN4CCC5(CC4)CCN(C(=O)OC(C)(C)C)CC5)cc3)cc12. The molecule has 3 aliphatic rings. The Hall–Kier alpha value is -4.55. The molecule has 0 radical (unpaired) electrons. The molecule has 2 aromatic carbocycles. The fourth-order valence-corrected chi connectivity index (χ4v) is 8.80. The van der Waals surface area contributed by atoms with Crippen molar-refractivity contribution in [1.29, 1.82) is 0 Å². The van der Waals surface area contributed by atoms with Crippen molar-refractivity contribution < 1.29 is 23.8 Å². The molecule has 7 rings (SSSR count). The van der Waals surface area contributed by atoms with Crippen LogP contribution in [0.3, 0.4) is 0 Å². The molecule has 1 spiro atoms. The average Bonchev–Trinajstić information content (AvgIpc) is 3.76. The van der Waals surface area contributed by atoms with Gasteiger partial charge in [0.15, 0.2) is 0 Å². The first kappa shape index (κ1) is 39.7. The Bertz CT molecular complexity index is 2020. The highest BCUT2D eigenvalue weighted by Crippen LogP contribution is 2.42. The first-order chi connectivity index (χ1) is 26.6. The van der Waals surface area contributed by atoms with Crippen LogP contribution in [-0.4, -0.2) is 104 Å². The molecule has 3 saturated heterocycles.